The Morgan fingerprint density at radius 2 is 1.79 bits per heavy atom. The standard InChI is InChI=1S/C25H24N4O4S/c1-18-4-3-11-29-17-23(26-24(18)29)20-5-2-6-21(16-20)27-34(31,32)22-9-7-19(8-10-22)25(30)28-12-14-33-15-13-28/h2-11,16-17,27H,12-15H2,1H3. The number of nitrogens with one attached hydrogen (secondary N) is 1. The average Bonchev–Trinajstić information content (AvgIpc) is 3.30. The molecule has 0 spiro atoms. The van der Waals surface area contributed by atoms with Crippen molar-refractivity contribution in [3.05, 3.63) is 84.2 Å². The van der Waals surface area contributed by atoms with Gasteiger partial charge in [-0.25, -0.2) is 13.4 Å². The van der Waals surface area contributed by atoms with Crippen LogP contribution in [-0.4, -0.2) is 54.9 Å². The fourth-order valence-electron chi connectivity index (χ4n) is 3.97. The van der Waals surface area contributed by atoms with E-state index in [2.05, 4.69) is 9.71 Å². The molecule has 174 valence electrons. The number of hydrogen-bond acceptors (Lipinski definition) is 5. The highest BCUT2D eigenvalue weighted by Gasteiger charge is 2.20. The third kappa shape index (κ3) is 4.40. The molecule has 1 aliphatic heterocycles. The number of morpholine rings is 1. The van der Waals surface area contributed by atoms with Gasteiger partial charge in [0, 0.05) is 42.3 Å². The number of sulfonamides is 1. The van der Waals surface area contributed by atoms with Gasteiger partial charge in [-0.15, -0.1) is 0 Å². The van der Waals surface area contributed by atoms with Crippen LogP contribution in [-0.2, 0) is 14.8 Å². The van der Waals surface area contributed by atoms with Crippen LogP contribution in [0.4, 0.5) is 5.69 Å². The fourth-order valence-corrected chi connectivity index (χ4v) is 5.02. The lowest BCUT2D eigenvalue weighted by Crippen LogP contribution is -2.40. The number of imidazole rings is 1. The molecule has 0 unspecified atom stereocenters. The lowest BCUT2D eigenvalue weighted by Gasteiger charge is -2.26. The zero-order valence-corrected chi connectivity index (χ0v) is 19.5. The molecule has 1 fully saturated rings. The molecule has 1 saturated heterocycles. The van der Waals surface area contributed by atoms with Gasteiger partial charge < -0.3 is 14.0 Å². The maximum absolute atomic E-state index is 13.0. The van der Waals surface area contributed by atoms with E-state index in [1.165, 1.54) is 12.1 Å². The minimum atomic E-state index is -3.83. The summed E-state index contributed by atoms with van der Waals surface area (Å²) in [4.78, 5) is 19.1. The molecule has 2 aromatic carbocycles. The smallest absolute Gasteiger partial charge is 0.261 e. The largest absolute Gasteiger partial charge is 0.378 e. The van der Waals surface area contributed by atoms with E-state index in [4.69, 9.17) is 4.74 Å². The van der Waals surface area contributed by atoms with Crippen molar-refractivity contribution in [1.82, 2.24) is 14.3 Å². The molecule has 1 N–H and O–H groups in total. The predicted molar refractivity (Wildman–Crippen MR) is 129 cm³/mol. The summed E-state index contributed by atoms with van der Waals surface area (Å²) in [6.07, 6.45) is 3.85. The number of carbonyl (C=O) groups is 1. The van der Waals surface area contributed by atoms with Gasteiger partial charge in [-0.05, 0) is 55.0 Å². The summed E-state index contributed by atoms with van der Waals surface area (Å²) in [6, 6.07) is 17.1. The van der Waals surface area contributed by atoms with Crippen molar-refractivity contribution >= 4 is 27.3 Å². The molecule has 8 nitrogen and oxygen atoms in total. The summed E-state index contributed by atoms with van der Waals surface area (Å²) >= 11 is 0. The molecule has 9 heteroatoms. The predicted octanol–water partition coefficient (Wildman–Crippen LogP) is 3.58. The van der Waals surface area contributed by atoms with Crippen molar-refractivity contribution in [1.29, 1.82) is 0 Å². The highest BCUT2D eigenvalue weighted by molar-refractivity contribution is 7.92. The second kappa shape index (κ2) is 8.92. The van der Waals surface area contributed by atoms with Gasteiger partial charge in [-0.3, -0.25) is 9.52 Å². The topological polar surface area (TPSA) is 93.0 Å². The number of nitrogens with zero attached hydrogens (tertiary/aromatic N) is 3. The van der Waals surface area contributed by atoms with E-state index >= 15 is 0 Å². The van der Waals surface area contributed by atoms with Crippen molar-refractivity contribution in [3.8, 4) is 11.3 Å². The van der Waals surface area contributed by atoms with Gasteiger partial charge in [0.05, 0.1) is 23.8 Å². The number of benzene rings is 2. The van der Waals surface area contributed by atoms with Gasteiger partial charge in [-0.1, -0.05) is 18.2 Å². The summed E-state index contributed by atoms with van der Waals surface area (Å²) in [7, 11) is -3.83. The Balaban J connectivity index is 1.35. The van der Waals surface area contributed by atoms with Gasteiger partial charge in [0.2, 0.25) is 0 Å². The monoisotopic (exact) mass is 476 g/mol. The molecule has 1 amide bonds. The first-order chi connectivity index (χ1) is 16.4. The maximum Gasteiger partial charge on any atom is 0.261 e. The minimum absolute atomic E-state index is 0.0831. The summed E-state index contributed by atoms with van der Waals surface area (Å²) in [6.45, 7) is 4.08. The number of anilines is 1. The molecule has 0 aliphatic carbocycles. The van der Waals surface area contributed by atoms with Crippen molar-refractivity contribution in [2.75, 3.05) is 31.0 Å². The van der Waals surface area contributed by atoms with Gasteiger partial charge in [0.1, 0.15) is 5.65 Å². The van der Waals surface area contributed by atoms with Gasteiger partial charge in [0.25, 0.3) is 15.9 Å². The number of carbonyl (C=O) groups excluding carboxylic acids is 1. The molecule has 0 atom stereocenters. The number of ether oxygens (including phenoxy) is 1. The van der Waals surface area contributed by atoms with Crippen LogP contribution in [0.25, 0.3) is 16.9 Å². The lowest BCUT2D eigenvalue weighted by atomic mass is 10.1. The van der Waals surface area contributed by atoms with E-state index in [1.54, 1.807) is 35.2 Å². The number of aromatic nitrogens is 2. The van der Waals surface area contributed by atoms with Crippen molar-refractivity contribution in [2.24, 2.45) is 0 Å². The Kier molecular flexibility index (Phi) is 5.80. The zero-order chi connectivity index (χ0) is 23.7. The quantitative estimate of drug-likeness (QED) is 0.475. The Hall–Kier alpha value is -3.69. The SMILES string of the molecule is Cc1cccn2cc(-c3cccc(NS(=O)(=O)c4ccc(C(=O)N5CCOCC5)cc4)c3)nc12. The first-order valence-corrected chi connectivity index (χ1v) is 12.4. The first kappa shape index (κ1) is 22.1. The van der Waals surface area contributed by atoms with Crippen LogP contribution in [0.3, 0.4) is 0 Å². The average molecular weight is 477 g/mol. The van der Waals surface area contributed by atoms with Crippen molar-refractivity contribution < 1.29 is 17.9 Å². The molecule has 2 aromatic heterocycles. The summed E-state index contributed by atoms with van der Waals surface area (Å²) in [5.41, 5.74) is 4.34. The van der Waals surface area contributed by atoms with Crippen molar-refractivity contribution in [2.45, 2.75) is 11.8 Å². The number of amides is 1. The van der Waals surface area contributed by atoms with Crippen molar-refractivity contribution in [3.63, 3.8) is 0 Å². The van der Waals surface area contributed by atoms with E-state index in [9.17, 15) is 13.2 Å². The van der Waals surface area contributed by atoms with Crippen LogP contribution in [0.15, 0.2) is 78.0 Å². The molecule has 5 rings (SSSR count). The minimum Gasteiger partial charge on any atom is -0.378 e. The Labute approximate surface area is 197 Å². The second-order valence-corrected chi connectivity index (χ2v) is 9.85. The van der Waals surface area contributed by atoms with E-state index in [0.29, 0.717) is 37.6 Å². The molecule has 3 heterocycles. The number of fused-ring (bicyclic) bond motifs is 1. The van der Waals surface area contributed by atoms with Crippen LogP contribution in [0.5, 0.6) is 0 Å². The van der Waals surface area contributed by atoms with E-state index < -0.39 is 10.0 Å². The Morgan fingerprint density at radius 3 is 2.53 bits per heavy atom. The summed E-state index contributed by atoms with van der Waals surface area (Å²) in [5, 5.41) is 0. The number of aryl methyl sites for hydroxylation is 1. The van der Waals surface area contributed by atoms with Gasteiger partial charge in [-0.2, -0.15) is 0 Å². The molecule has 1 aliphatic rings. The maximum atomic E-state index is 13.0. The first-order valence-electron chi connectivity index (χ1n) is 11.0. The highest BCUT2D eigenvalue weighted by Crippen LogP contribution is 2.25. The Morgan fingerprint density at radius 1 is 1.03 bits per heavy atom. The van der Waals surface area contributed by atoms with E-state index in [-0.39, 0.29) is 10.8 Å². The third-order valence-electron chi connectivity index (χ3n) is 5.80. The van der Waals surface area contributed by atoms with Gasteiger partial charge in [0.15, 0.2) is 0 Å². The number of pyridine rings is 1. The van der Waals surface area contributed by atoms with Gasteiger partial charge >= 0.3 is 0 Å². The summed E-state index contributed by atoms with van der Waals surface area (Å²) in [5.74, 6) is -0.129. The second-order valence-electron chi connectivity index (χ2n) is 8.16. The lowest BCUT2D eigenvalue weighted by molar-refractivity contribution is 0.0303. The molecule has 4 aromatic rings. The van der Waals surface area contributed by atoms with Crippen LogP contribution < -0.4 is 4.72 Å². The summed E-state index contributed by atoms with van der Waals surface area (Å²) < 4.78 is 35.8. The molecule has 0 radical (unpaired) electrons. The molecule has 0 saturated carbocycles. The van der Waals surface area contributed by atoms with Crippen LogP contribution in [0.2, 0.25) is 0 Å². The molecular weight excluding hydrogens is 452 g/mol. The van der Waals surface area contributed by atoms with Crippen LogP contribution in [0.1, 0.15) is 15.9 Å². The normalized spacial score (nSPS) is 14.3. The zero-order valence-electron chi connectivity index (χ0n) is 18.6. The molecule has 0 bridgehead atoms. The highest BCUT2D eigenvalue weighted by atomic mass is 32.2. The van der Waals surface area contributed by atoms with E-state index in [0.717, 1.165) is 22.5 Å². The number of rotatable bonds is 5. The number of hydrogen-bond donors (Lipinski definition) is 1. The molecular formula is C25H24N4O4S. The Bertz CT molecular complexity index is 1460. The fraction of sp³-hybridized carbons (Fsp3) is 0.200. The van der Waals surface area contributed by atoms with Crippen LogP contribution in [0, 0.1) is 6.92 Å². The van der Waals surface area contributed by atoms with E-state index in [1.807, 2.05) is 41.9 Å². The van der Waals surface area contributed by atoms with Crippen LogP contribution >= 0.6 is 0 Å². The third-order valence-corrected chi connectivity index (χ3v) is 7.20. The molecule has 34 heavy (non-hydrogen) atoms.